The molecule has 2 heterocycles. The molecule has 0 aliphatic heterocycles. The summed E-state index contributed by atoms with van der Waals surface area (Å²) < 4.78 is 2.22. The van der Waals surface area contributed by atoms with E-state index in [1.165, 1.54) is 34.9 Å². The molecule has 4 heteroatoms. The van der Waals surface area contributed by atoms with Gasteiger partial charge < -0.3 is 0 Å². The predicted octanol–water partition coefficient (Wildman–Crippen LogP) is 3.49. The minimum absolute atomic E-state index is 0.688. The van der Waals surface area contributed by atoms with E-state index >= 15 is 0 Å². The molecule has 0 saturated carbocycles. The van der Waals surface area contributed by atoms with Crippen molar-refractivity contribution in [3.05, 3.63) is 72.8 Å². The second kappa shape index (κ2) is 5.81. The first kappa shape index (κ1) is 14.5. The van der Waals surface area contributed by atoms with Crippen molar-refractivity contribution in [3.8, 4) is 22.6 Å². The lowest BCUT2D eigenvalue weighted by Crippen LogP contribution is -2.32. The summed E-state index contributed by atoms with van der Waals surface area (Å²) >= 11 is 0. The maximum absolute atomic E-state index is 4.25. The first-order valence-electron chi connectivity index (χ1n) is 7.85. The summed E-state index contributed by atoms with van der Waals surface area (Å²) in [7, 11) is 2.10. The van der Waals surface area contributed by atoms with Crippen LogP contribution in [0.2, 0.25) is 0 Å². The Hall–Kier alpha value is -3.14. The van der Waals surface area contributed by atoms with Gasteiger partial charge >= 0.3 is 0 Å². The molecule has 2 aromatic heterocycles. The minimum atomic E-state index is 0.688. The van der Waals surface area contributed by atoms with Gasteiger partial charge in [-0.15, -0.1) is 0 Å². The molecule has 0 atom stereocenters. The number of aromatic nitrogens is 4. The summed E-state index contributed by atoms with van der Waals surface area (Å²) in [4.78, 5) is 12.4. The van der Waals surface area contributed by atoms with Gasteiger partial charge in [0.15, 0.2) is 5.82 Å². The van der Waals surface area contributed by atoms with E-state index in [2.05, 4.69) is 82.0 Å². The monoisotopic (exact) mass is 313 g/mol. The van der Waals surface area contributed by atoms with E-state index in [0.717, 1.165) is 11.1 Å². The Balaban J connectivity index is 1.93. The van der Waals surface area contributed by atoms with Gasteiger partial charge in [0.05, 0.1) is 0 Å². The highest BCUT2D eigenvalue weighted by Crippen LogP contribution is 2.24. The lowest BCUT2D eigenvalue weighted by molar-refractivity contribution is -0.633. The molecule has 0 saturated heterocycles. The van der Waals surface area contributed by atoms with E-state index in [1.54, 1.807) is 0 Å². The molecule has 4 aromatic rings. The van der Waals surface area contributed by atoms with E-state index < -0.39 is 0 Å². The zero-order chi connectivity index (χ0) is 16.5. The second-order valence-electron chi connectivity index (χ2n) is 5.83. The van der Waals surface area contributed by atoms with Crippen molar-refractivity contribution in [2.75, 3.05) is 0 Å². The SMILES string of the molecule is Cc1ccccc1-c1ccc2ccc(-c3ncncn3)cc2[n+]1C. The molecule has 0 spiro atoms. The molecular weight excluding hydrogens is 296 g/mol. The van der Waals surface area contributed by atoms with Gasteiger partial charge in [0, 0.05) is 28.6 Å². The van der Waals surface area contributed by atoms with Crippen molar-refractivity contribution < 1.29 is 4.57 Å². The Morgan fingerprint density at radius 3 is 2.42 bits per heavy atom. The zero-order valence-corrected chi connectivity index (χ0v) is 13.6. The zero-order valence-electron chi connectivity index (χ0n) is 13.6. The lowest BCUT2D eigenvalue weighted by Gasteiger charge is -2.07. The van der Waals surface area contributed by atoms with Crippen LogP contribution >= 0.6 is 0 Å². The molecule has 116 valence electrons. The maximum atomic E-state index is 4.25. The first-order valence-corrected chi connectivity index (χ1v) is 7.85. The Bertz CT molecular complexity index is 1030. The smallest absolute Gasteiger partial charge is 0.213 e. The van der Waals surface area contributed by atoms with Crippen molar-refractivity contribution in [2.45, 2.75) is 6.92 Å². The molecule has 0 bridgehead atoms. The Morgan fingerprint density at radius 2 is 1.62 bits per heavy atom. The van der Waals surface area contributed by atoms with E-state index in [0.29, 0.717) is 5.82 Å². The number of hydrogen-bond acceptors (Lipinski definition) is 3. The number of benzene rings is 2. The highest BCUT2D eigenvalue weighted by atomic mass is 15.0. The van der Waals surface area contributed by atoms with Crippen LogP contribution in [0.4, 0.5) is 0 Å². The number of nitrogens with zero attached hydrogens (tertiary/aromatic N) is 4. The molecule has 0 fully saturated rings. The fourth-order valence-electron chi connectivity index (χ4n) is 3.04. The van der Waals surface area contributed by atoms with Crippen molar-refractivity contribution in [3.63, 3.8) is 0 Å². The number of pyridine rings is 1. The quantitative estimate of drug-likeness (QED) is 0.532. The van der Waals surface area contributed by atoms with Crippen LogP contribution in [-0.2, 0) is 7.05 Å². The van der Waals surface area contributed by atoms with Crippen LogP contribution in [0.3, 0.4) is 0 Å². The molecule has 0 aliphatic rings. The van der Waals surface area contributed by atoms with Crippen LogP contribution in [0.25, 0.3) is 33.5 Å². The van der Waals surface area contributed by atoms with Crippen molar-refractivity contribution in [2.24, 2.45) is 7.05 Å². The fraction of sp³-hybridized carbons (Fsp3) is 0.100. The van der Waals surface area contributed by atoms with Gasteiger partial charge in [-0.25, -0.2) is 15.0 Å². The van der Waals surface area contributed by atoms with Crippen molar-refractivity contribution in [1.29, 1.82) is 0 Å². The molecule has 4 nitrogen and oxygen atoms in total. The number of fused-ring (bicyclic) bond motifs is 1. The van der Waals surface area contributed by atoms with Crippen LogP contribution in [0.1, 0.15) is 5.56 Å². The molecule has 0 aliphatic carbocycles. The molecule has 0 unspecified atom stereocenters. The van der Waals surface area contributed by atoms with Crippen molar-refractivity contribution >= 4 is 10.9 Å². The first-order chi connectivity index (χ1) is 11.7. The molecular formula is C20H17N4+. The molecule has 0 N–H and O–H groups in total. The Labute approximate surface area is 140 Å². The lowest BCUT2D eigenvalue weighted by atomic mass is 10.0. The third kappa shape index (κ3) is 2.42. The second-order valence-corrected chi connectivity index (χ2v) is 5.83. The largest absolute Gasteiger partial charge is 0.225 e. The fourth-order valence-corrected chi connectivity index (χ4v) is 3.04. The molecule has 4 rings (SSSR count). The van der Waals surface area contributed by atoms with E-state index in [9.17, 15) is 0 Å². The van der Waals surface area contributed by atoms with Gasteiger partial charge in [-0.2, -0.15) is 4.57 Å². The summed E-state index contributed by atoms with van der Waals surface area (Å²) in [6.45, 7) is 2.14. The van der Waals surface area contributed by atoms with Gasteiger partial charge in [-0.1, -0.05) is 24.3 Å². The number of hydrogen-bond donors (Lipinski definition) is 0. The van der Waals surface area contributed by atoms with Crippen LogP contribution < -0.4 is 4.57 Å². The van der Waals surface area contributed by atoms with E-state index in [-0.39, 0.29) is 0 Å². The predicted molar refractivity (Wildman–Crippen MR) is 94.1 cm³/mol. The standard InChI is InChI=1S/C20H17N4/c1-14-5-3-4-6-17(14)18-10-9-15-7-8-16(11-19(15)24(18)2)20-22-12-21-13-23-20/h3-13H,1-2H3/q+1. The molecule has 2 aromatic carbocycles. The maximum Gasteiger partial charge on any atom is 0.213 e. The highest BCUT2D eigenvalue weighted by Gasteiger charge is 2.16. The van der Waals surface area contributed by atoms with Gasteiger partial charge in [-0.3, -0.25) is 0 Å². The molecule has 24 heavy (non-hydrogen) atoms. The minimum Gasteiger partial charge on any atom is -0.225 e. The van der Waals surface area contributed by atoms with Gasteiger partial charge in [-0.05, 0) is 30.7 Å². The average Bonchev–Trinajstić information content (AvgIpc) is 2.63. The topological polar surface area (TPSA) is 42.6 Å². The Kier molecular flexibility index (Phi) is 3.50. The van der Waals surface area contributed by atoms with Crippen LogP contribution in [0.15, 0.2) is 67.3 Å². The van der Waals surface area contributed by atoms with Crippen LogP contribution in [0.5, 0.6) is 0 Å². The van der Waals surface area contributed by atoms with Crippen LogP contribution in [-0.4, -0.2) is 15.0 Å². The third-order valence-corrected chi connectivity index (χ3v) is 4.35. The molecule has 0 radical (unpaired) electrons. The van der Waals surface area contributed by atoms with E-state index in [4.69, 9.17) is 0 Å². The molecule has 0 amide bonds. The summed E-state index contributed by atoms with van der Waals surface area (Å²) in [6, 6.07) is 19.1. The number of rotatable bonds is 2. The third-order valence-electron chi connectivity index (χ3n) is 4.35. The van der Waals surface area contributed by atoms with Gasteiger partial charge in [0.1, 0.15) is 19.7 Å². The summed E-state index contributed by atoms with van der Waals surface area (Å²) in [6.07, 6.45) is 3.05. The summed E-state index contributed by atoms with van der Waals surface area (Å²) in [5.74, 6) is 0.688. The van der Waals surface area contributed by atoms with Gasteiger partial charge in [0.25, 0.3) is 0 Å². The van der Waals surface area contributed by atoms with Crippen LogP contribution in [0, 0.1) is 6.92 Å². The Morgan fingerprint density at radius 1 is 0.875 bits per heavy atom. The summed E-state index contributed by atoms with van der Waals surface area (Å²) in [5.41, 5.74) is 5.83. The summed E-state index contributed by atoms with van der Waals surface area (Å²) in [5, 5.41) is 1.19. The van der Waals surface area contributed by atoms with E-state index in [1.807, 2.05) is 6.07 Å². The normalized spacial score (nSPS) is 10.9. The highest BCUT2D eigenvalue weighted by molar-refractivity contribution is 5.82. The van der Waals surface area contributed by atoms with Crippen molar-refractivity contribution in [1.82, 2.24) is 15.0 Å². The van der Waals surface area contributed by atoms with Gasteiger partial charge in [0.2, 0.25) is 11.2 Å². The number of aryl methyl sites for hydroxylation is 2. The average molecular weight is 313 g/mol.